The van der Waals surface area contributed by atoms with Crippen LogP contribution in [0.25, 0.3) is 0 Å². The minimum atomic E-state index is -0.891. The molecule has 0 bridgehead atoms. The number of ketones is 1. The Morgan fingerprint density at radius 3 is 2.82 bits per heavy atom. The van der Waals surface area contributed by atoms with Gasteiger partial charge in [-0.1, -0.05) is 0 Å². The van der Waals surface area contributed by atoms with Crippen LogP contribution in [-0.2, 0) is 4.79 Å². The van der Waals surface area contributed by atoms with Gasteiger partial charge in [0.15, 0.2) is 5.78 Å². The Morgan fingerprint density at radius 1 is 1.36 bits per heavy atom. The van der Waals surface area contributed by atoms with Crippen molar-refractivity contribution in [2.24, 2.45) is 5.92 Å². The molecule has 0 aromatic rings. The first kappa shape index (κ1) is 7.29. The molecule has 0 radical (unpaired) electrons. The highest BCUT2D eigenvalue weighted by Crippen LogP contribution is 2.43. The average Bonchev–Trinajstić information content (AvgIpc) is 2.34. The van der Waals surface area contributed by atoms with E-state index in [1.165, 1.54) is 0 Å². The normalized spacial score (nSPS) is 44.1. The van der Waals surface area contributed by atoms with Crippen molar-refractivity contribution in [3.05, 3.63) is 0 Å². The first-order valence-corrected chi connectivity index (χ1v) is 4.49. The van der Waals surface area contributed by atoms with E-state index in [1.807, 2.05) is 0 Å². The third kappa shape index (κ3) is 0.924. The van der Waals surface area contributed by atoms with Gasteiger partial charge in [0, 0.05) is 6.42 Å². The first-order valence-electron chi connectivity index (χ1n) is 4.49. The van der Waals surface area contributed by atoms with Crippen molar-refractivity contribution in [1.82, 2.24) is 0 Å². The molecule has 2 atom stereocenters. The van der Waals surface area contributed by atoms with Crippen molar-refractivity contribution in [2.45, 2.75) is 44.1 Å². The van der Waals surface area contributed by atoms with Gasteiger partial charge in [0.25, 0.3) is 0 Å². The lowest BCUT2D eigenvalue weighted by atomic mass is 9.77. The van der Waals surface area contributed by atoms with Crippen LogP contribution in [-0.4, -0.2) is 16.5 Å². The third-order valence-corrected chi connectivity index (χ3v) is 3.23. The van der Waals surface area contributed by atoms with Crippen molar-refractivity contribution in [2.75, 3.05) is 0 Å². The van der Waals surface area contributed by atoms with Crippen LogP contribution < -0.4 is 0 Å². The number of fused-ring (bicyclic) bond motifs is 1. The molecule has 1 N–H and O–H groups in total. The van der Waals surface area contributed by atoms with Crippen LogP contribution in [0.5, 0.6) is 0 Å². The fraction of sp³-hybridized carbons (Fsp3) is 0.889. The van der Waals surface area contributed by atoms with E-state index in [-0.39, 0.29) is 5.78 Å². The van der Waals surface area contributed by atoms with Crippen LogP contribution >= 0.6 is 0 Å². The minimum absolute atomic E-state index is 0.103. The van der Waals surface area contributed by atoms with Gasteiger partial charge in [0.05, 0.1) is 0 Å². The third-order valence-electron chi connectivity index (χ3n) is 3.23. The van der Waals surface area contributed by atoms with Gasteiger partial charge in [-0.05, 0) is 38.0 Å². The first-order chi connectivity index (χ1) is 5.23. The standard InChI is InChI=1S/C9H14O2/c10-8-5-1-3-7-4-2-6-9(7,8)11/h7,11H,1-6H2/t7-,9-/m1/s1. The number of Topliss-reactive ketones (excluding diaryl/α,β-unsaturated/α-hetero) is 1. The molecule has 2 fully saturated rings. The molecule has 0 heterocycles. The molecule has 2 saturated carbocycles. The zero-order chi connectivity index (χ0) is 7.90. The predicted octanol–water partition coefficient (Wildman–Crippen LogP) is 1.27. The fourth-order valence-corrected chi connectivity index (χ4v) is 2.54. The van der Waals surface area contributed by atoms with Gasteiger partial charge in [-0.15, -0.1) is 0 Å². The van der Waals surface area contributed by atoms with Gasteiger partial charge in [0.2, 0.25) is 0 Å². The molecule has 2 nitrogen and oxygen atoms in total. The Bertz CT molecular complexity index is 188. The van der Waals surface area contributed by atoms with Gasteiger partial charge in [-0.2, -0.15) is 0 Å². The van der Waals surface area contributed by atoms with Gasteiger partial charge >= 0.3 is 0 Å². The quantitative estimate of drug-likeness (QED) is 0.570. The van der Waals surface area contributed by atoms with Gasteiger partial charge in [0.1, 0.15) is 5.60 Å². The molecule has 0 saturated heterocycles. The molecule has 2 aliphatic carbocycles. The molecule has 0 spiro atoms. The van der Waals surface area contributed by atoms with Crippen LogP contribution in [0.3, 0.4) is 0 Å². The summed E-state index contributed by atoms with van der Waals surface area (Å²) in [5.74, 6) is 0.398. The van der Waals surface area contributed by atoms with E-state index in [9.17, 15) is 9.90 Å². The average molecular weight is 154 g/mol. The Kier molecular flexibility index (Phi) is 1.53. The van der Waals surface area contributed by atoms with E-state index in [4.69, 9.17) is 0 Å². The summed E-state index contributed by atoms with van der Waals surface area (Å²) in [7, 11) is 0. The van der Waals surface area contributed by atoms with Crippen molar-refractivity contribution in [3.8, 4) is 0 Å². The predicted molar refractivity (Wildman–Crippen MR) is 41.1 cm³/mol. The maximum absolute atomic E-state index is 11.3. The highest BCUT2D eigenvalue weighted by atomic mass is 16.3. The van der Waals surface area contributed by atoms with Gasteiger partial charge in [-0.3, -0.25) is 4.79 Å². The van der Waals surface area contributed by atoms with Crippen molar-refractivity contribution in [3.63, 3.8) is 0 Å². The van der Waals surface area contributed by atoms with Crippen LogP contribution in [0, 0.1) is 5.92 Å². The van der Waals surface area contributed by atoms with E-state index >= 15 is 0 Å². The SMILES string of the molecule is O=C1CCC[C@@H]2CCC[C@]12O. The molecule has 0 aromatic heterocycles. The molecule has 2 rings (SSSR count). The zero-order valence-corrected chi connectivity index (χ0v) is 6.68. The van der Waals surface area contributed by atoms with Crippen LogP contribution in [0.15, 0.2) is 0 Å². The van der Waals surface area contributed by atoms with Crippen LogP contribution in [0.2, 0.25) is 0 Å². The topological polar surface area (TPSA) is 37.3 Å². The second-order valence-electron chi connectivity index (χ2n) is 3.83. The molecule has 0 aromatic carbocycles. The van der Waals surface area contributed by atoms with E-state index in [0.29, 0.717) is 12.3 Å². The summed E-state index contributed by atoms with van der Waals surface area (Å²) in [6.45, 7) is 0. The highest BCUT2D eigenvalue weighted by molar-refractivity contribution is 5.88. The highest BCUT2D eigenvalue weighted by Gasteiger charge is 2.48. The summed E-state index contributed by atoms with van der Waals surface area (Å²) in [5, 5.41) is 9.93. The molecule has 2 heteroatoms. The number of hydrogen-bond acceptors (Lipinski definition) is 2. The van der Waals surface area contributed by atoms with Crippen molar-refractivity contribution in [1.29, 1.82) is 0 Å². The summed E-state index contributed by atoms with van der Waals surface area (Å²) in [4.78, 5) is 11.3. The second kappa shape index (κ2) is 2.31. The van der Waals surface area contributed by atoms with E-state index in [0.717, 1.165) is 32.1 Å². The number of carbonyl (C=O) groups excluding carboxylic acids is 1. The summed E-state index contributed by atoms with van der Waals surface area (Å²) >= 11 is 0. The zero-order valence-electron chi connectivity index (χ0n) is 6.68. The second-order valence-corrected chi connectivity index (χ2v) is 3.83. The summed E-state index contributed by atoms with van der Waals surface area (Å²) in [6.07, 6.45) is 5.46. The lowest BCUT2D eigenvalue weighted by Crippen LogP contribution is -2.44. The van der Waals surface area contributed by atoms with E-state index in [2.05, 4.69) is 0 Å². The van der Waals surface area contributed by atoms with Crippen LogP contribution in [0.1, 0.15) is 38.5 Å². The fourth-order valence-electron chi connectivity index (χ4n) is 2.54. The molecular formula is C9H14O2. The number of aliphatic hydroxyl groups is 1. The van der Waals surface area contributed by atoms with E-state index in [1.54, 1.807) is 0 Å². The summed E-state index contributed by atoms with van der Waals surface area (Å²) < 4.78 is 0. The number of rotatable bonds is 0. The molecule has 11 heavy (non-hydrogen) atoms. The van der Waals surface area contributed by atoms with Crippen molar-refractivity contribution < 1.29 is 9.90 Å². The molecule has 0 aliphatic heterocycles. The lowest BCUT2D eigenvalue weighted by Gasteiger charge is -2.32. The van der Waals surface area contributed by atoms with Crippen molar-refractivity contribution >= 4 is 5.78 Å². The van der Waals surface area contributed by atoms with E-state index < -0.39 is 5.60 Å². The molecule has 0 amide bonds. The summed E-state index contributed by atoms with van der Waals surface area (Å²) in [6, 6.07) is 0. The lowest BCUT2D eigenvalue weighted by molar-refractivity contribution is -0.144. The maximum Gasteiger partial charge on any atom is 0.164 e. The maximum atomic E-state index is 11.3. The van der Waals surface area contributed by atoms with Gasteiger partial charge in [-0.25, -0.2) is 0 Å². The molecule has 2 aliphatic rings. The van der Waals surface area contributed by atoms with Crippen LogP contribution in [0.4, 0.5) is 0 Å². The Balaban J connectivity index is 2.24. The molecule has 62 valence electrons. The molecular weight excluding hydrogens is 140 g/mol. The summed E-state index contributed by atoms with van der Waals surface area (Å²) in [5.41, 5.74) is -0.891. The minimum Gasteiger partial charge on any atom is -0.382 e. The largest absolute Gasteiger partial charge is 0.382 e. The number of hydrogen-bond donors (Lipinski definition) is 1. The Hall–Kier alpha value is -0.370. The Morgan fingerprint density at radius 2 is 2.09 bits per heavy atom. The smallest absolute Gasteiger partial charge is 0.164 e. The monoisotopic (exact) mass is 154 g/mol. The molecule has 0 unspecified atom stereocenters. The van der Waals surface area contributed by atoms with Gasteiger partial charge < -0.3 is 5.11 Å². The number of carbonyl (C=O) groups is 1. The Labute approximate surface area is 66.6 Å².